The fourth-order valence-electron chi connectivity index (χ4n) is 2.76. The molecule has 0 saturated carbocycles. The third-order valence-corrected chi connectivity index (χ3v) is 4.85. The van der Waals surface area contributed by atoms with E-state index in [0.29, 0.717) is 35.3 Å². The van der Waals surface area contributed by atoms with Gasteiger partial charge in [0.1, 0.15) is 35.9 Å². The second-order valence-electron chi connectivity index (χ2n) is 5.68. The van der Waals surface area contributed by atoms with Gasteiger partial charge in [0, 0.05) is 10.9 Å². The topological polar surface area (TPSA) is 55.1 Å². The molecule has 0 radical (unpaired) electrons. The molecule has 27 heavy (non-hydrogen) atoms. The number of aromatic nitrogens is 1. The number of nitrogens with zero attached hydrogens (tertiary/aromatic N) is 2. The van der Waals surface area contributed by atoms with E-state index in [4.69, 9.17) is 9.47 Å². The molecular formula is C20H12F2N2O2S. The lowest BCUT2D eigenvalue weighted by Crippen LogP contribution is -2.15. The van der Waals surface area contributed by atoms with E-state index in [1.165, 1.54) is 23.6 Å². The predicted molar refractivity (Wildman–Crippen MR) is 98.4 cm³/mol. The monoisotopic (exact) mass is 382 g/mol. The number of allylic oxidation sites excluding steroid dienone is 1. The molecule has 0 aliphatic carbocycles. The lowest BCUT2D eigenvalue weighted by molar-refractivity contribution is 0.171. The van der Waals surface area contributed by atoms with Crippen LogP contribution in [0.4, 0.5) is 8.78 Å². The van der Waals surface area contributed by atoms with E-state index >= 15 is 0 Å². The van der Waals surface area contributed by atoms with E-state index in [0.717, 1.165) is 11.3 Å². The van der Waals surface area contributed by atoms with Crippen LogP contribution in [0.5, 0.6) is 11.5 Å². The Bertz CT molecular complexity index is 1070. The first kappa shape index (κ1) is 17.2. The Morgan fingerprint density at radius 1 is 1.11 bits per heavy atom. The molecule has 1 aromatic heterocycles. The maximum Gasteiger partial charge on any atom is 0.168 e. The fourth-order valence-corrected chi connectivity index (χ4v) is 3.54. The molecule has 134 valence electrons. The molecule has 7 heteroatoms. The number of hydrogen-bond donors (Lipinski definition) is 0. The van der Waals surface area contributed by atoms with Gasteiger partial charge in [0.05, 0.1) is 16.8 Å². The zero-order chi connectivity index (χ0) is 18.8. The summed E-state index contributed by atoms with van der Waals surface area (Å²) < 4.78 is 39.1. The molecule has 0 atom stereocenters. The first-order valence-corrected chi connectivity index (χ1v) is 8.96. The highest BCUT2D eigenvalue weighted by Crippen LogP contribution is 2.36. The Labute approximate surface area is 157 Å². The van der Waals surface area contributed by atoms with Crippen molar-refractivity contribution in [2.24, 2.45) is 0 Å². The van der Waals surface area contributed by atoms with Crippen LogP contribution in [0.25, 0.3) is 22.9 Å². The molecule has 2 aromatic carbocycles. The number of hydrogen-bond acceptors (Lipinski definition) is 5. The molecule has 0 saturated heterocycles. The van der Waals surface area contributed by atoms with E-state index in [1.807, 2.05) is 0 Å². The van der Waals surface area contributed by atoms with Crippen molar-refractivity contribution in [3.05, 3.63) is 64.0 Å². The van der Waals surface area contributed by atoms with E-state index in [1.54, 1.807) is 24.3 Å². The van der Waals surface area contributed by atoms with Crippen molar-refractivity contribution in [2.45, 2.75) is 0 Å². The van der Waals surface area contributed by atoms with Crippen molar-refractivity contribution in [1.29, 1.82) is 5.26 Å². The Morgan fingerprint density at radius 2 is 1.85 bits per heavy atom. The molecule has 2 heterocycles. The highest BCUT2D eigenvalue weighted by atomic mass is 32.1. The van der Waals surface area contributed by atoms with Gasteiger partial charge >= 0.3 is 0 Å². The zero-order valence-corrected chi connectivity index (χ0v) is 14.7. The number of fused-ring (bicyclic) bond motifs is 1. The summed E-state index contributed by atoms with van der Waals surface area (Å²) >= 11 is 1.14. The molecule has 0 bridgehead atoms. The number of benzene rings is 2. The van der Waals surface area contributed by atoms with Gasteiger partial charge in [0.2, 0.25) is 0 Å². The van der Waals surface area contributed by atoms with Gasteiger partial charge in [-0.3, -0.25) is 0 Å². The Morgan fingerprint density at radius 3 is 2.63 bits per heavy atom. The minimum absolute atomic E-state index is 0.154. The normalized spacial score (nSPS) is 13.3. The fraction of sp³-hybridized carbons (Fsp3) is 0.100. The number of nitriles is 1. The molecule has 4 rings (SSSR count). The third-order valence-electron chi connectivity index (χ3n) is 3.97. The molecule has 4 nitrogen and oxygen atoms in total. The molecular weight excluding hydrogens is 370 g/mol. The van der Waals surface area contributed by atoms with Crippen LogP contribution in [0, 0.1) is 23.0 Å². The highest BCUT2D eigenvalue weighted by molar-refractivity contribution is 7.11. The molecule has 3 aromatic rings. The van der Waals surface area contributed by atoms with Crippen LogP contribution >= 0.6 is 11.3 Å². The minimum atomic E-state index is -0.697. The molecule has 0 spiro atoms. The highest BCUT2D eigenvalue weighted by Gasteiger charge is 2.18. The molecule has 0 fully saturated rings. The SMILES string of the molecule is N#CC(=Cc1cccc2c1OCCO2)c1nc(-c2c(F)cccc2F)cs1. The van der Waals surface area contributed by atoms with Gasteiger partial charge in [-0.25, -0.2) is 13.8 Å². The van der Waals surface area contributed by atoms with Gasteiger partial charge in [-0.15, -0.1) is 11.3 Å². The summed E-state index contributed by atoms with van der Waals surface area (Å²) in [6.45, 7) is 0.892. The van der Waals surface area contributed by atoms with Crippen molar-refractivity contribution in [2.75, 3.05) is 13.2 Å². The average Bonchev–Trinajstić information content (AvgIpc) is 3.15. The zero-order valence-electron chi connectivity index (χ0n) is 13.9. The number of halogens is 2. The van der Waals surface area contributed by atoms with Gasteiger partial charge in [0.25, 0.3) is 0 Å². The van der Waals surface area contributed by atoms with Crippen molar-refractivity contribution in [3.63, 3.8) is 0 Å². The van der Waals surface area contributed by atoms with Crippen molar-refractivity contribution in [3.8, 4) is 28.8 Å². The largest absolute Gasteiger partial charge is 0.486 e. The molecule has 1 aliphatic heterocycles. The number of rotatable bonds is 3. The van der Waals surface area contributed by atoms with Crippen LogP contribution in [0.1, 0.15) is 10.6 Å². The Balaban J connectivity index is 1.74. The standard InChI is InChI=1S/C20H12F2N2O2S/c21-14-4-2-5-15(22)18(14)16-11-27-20(24-16)13(10-23)9-12-3-1-6-17-19(12)26-8-7-25-17/h1-6,9,11H,7-8H2. The molecule has 1 aliphatic rings. The van der Waals surface area contributed by atoms with Gasteiger partial charge in [-0.1, -0.05) is 18.2 Å². The van der Waals surface area contributed by atoms with Crippen LogP contribution in [-0.4, -0.2) is 18.2 Å². The minimum Gasteiger partial charge on any atom is -0.486 e. The van der Waals surface area contributed by atoms with E-state index in [9.17, 15) is 14.0 Å². The van der Waals surface area contributed by atoms with Crippen LogP contribution < -0.4 is 9.47 Å². The quantitative estimate of drug-likeness (QED) is 0.603. The maximum atomic E-state index is 14.0. The number of thiazole rings is 1. The van der Waals surface area contributed by atoms with Gasteiger partial charge in [-0.2, -0.15) is 5.26 Å². The third kappa shape index (κ3) is 3.27. The van der Waals surface area contributed by atoms with Crippen molar-refractivity contribution >= 4 is 23.0 Å². The number of ether oxygens (including phenoxy) is 2. The van der Waals surface area contributed by atoms with Crippen LogP contribution in [-0.2, 0) is 0 Å². The summed E-state index contributed by atoms with van der Waals surface area (Å²) in [6.07, 6.45) is 1.63. The first-order chi connectivity index (χ1) is 13.2. The van der Waals surface area contributed by atoms with E-state index < -0.39 is 11.6 Å². The lowest BCUT2D eigenvalue weighted by atomic mass is 10.1. The summed E-state index contributed by atoms with van der Waals surface area (Å²) in [5.74, 6) is -0.219. The summed E-state index contributed by atoms with van der Waals surface area (Å²) in [7, 11) is 0. The van der Waals surface area contributed by atoms with Crippen LogP contribution in [0.3, 0.4) is 0 Å². The average molecular weight is 382 g/mol. The van der Waals surface area contributed by atoms with Gasteiger partial charge in [0.15, 0.2) is 11.5 Å². The molecule has 0 amide bonds. The van der Waals surface area contributed by atoms with Crippen LogP contribution in [0.15, 0.2) is 41.8 Å². The summed E-state index contributed by atoms with van der Waals surface area (Å²) in [6, 6.07) is 11.1. The first-order valence-electron chi connectivity index (χ1n) is 8.08. The predicted octanol–water partition coefficient (Wildman–Crippen LogP) is 4.92. The smallest absolute Gasteiger partial charge is 0.168 e. The Hall–Kier alpha value is -3.24. The van der Waals surface area contributed by atoms with E-state index in [2.05, 4.69) is 11.1 Å². The maximum absolute atomic E-state index is 14.0. The van der Waals surface area contributed by atoms with Crippen LogP contribution in [0.2, 0.25) is 0 Å². The Kier molecular flexibility index (Phi) is 4.57. The summed E-state index contributed by atoms with van der Waals surface area (Å²) in [5, 5.41) is 11.5. The lowest BCUT2D eigenvalue weighted by Gasteiger charge is -2.19. The summed E-state index contributed by atoms with van der Waals surface area (Å²) in [4.78, 5) is 4.26. The second-order valence-corrected chi connectivity index (χ2v) is 6.53. The second kappa shape index (κ2) is 7.17. The van der Waals surface area contributed by atoms with Crippen molar-refractivity contribution in [1.82, 2.24) is 4.98 Å². The van der Waals surface area contributed by atoms with Crippen molar-refractivity contribution < 1.29 is 18.3 Å². The van der Waals surface area contributed by atoms with E-state index in [-0.39, 0.29) is 16.8 Å². The van der Waals surface area contributed by atoms with Gasteiger partial charge in [-0.05, 0) is 24.3 Å². The van der Waals surface area contributed by atoms with Gasteiger partial charge < -0.3 is 9.47 Å². The number of para-hydroxylation sites is 1. The molecule has 0 N–H and O–H groups in total. The molecule has 0 unspecified atom stereocenters. The summed E-state index contributed by atoms with van der Waals surface area (Å²) in [5.41, 5.74) is 0.899.